The smallest absolute Gasteiger partial charge is 0.420 e. The Balaban J connectivity index is 1.28. The number of rotatable bonds is 11. The normalized spacial score (nSPS) is 13.7. The molecule has 0 aliphatic carbocycles. The van der Waals surface area contributed by atoms with E-state index in [9.17, 15) is 18.0 Å². The van der Waals surface area contributed by atoms with E-state index in [4.69, 9.17) is 23.7 Å². The number of hydrogen-bond donors (Lipinski definition) is 2. The first kappa shape index (κ1) is 32.4. The molecule has 0 unspecified atom stereocenters. The Kier molecular flexibility index (Phi) is 9.52. The van der Waals surface area contributed by atoms with Crippen molar-refractivity contribution in [1.82, 2.24) is 9.97 Å². The van der Waals surface area contributed by atoms with Crippen molar-refractivity contribution in [3.05, 3.63) is 83.7 Å². The second-order valence-electron chi connectivity index (χ2n) is 10.8. The van der Waals surface area contributed by atoms with Crippen LogP contribution in [-0.4, -0.2) is 48.5 Å². The molecule has 2 N–H and O–H groups in total. The van der Waals surface area contributed by atoms with Crippen LogP contribution >= 0.6 is 0 Å². The molecule has 4 aromatic rings. The molecular weight excluding hydrogens is 605 g/mol. The molecule has 0 radical (unpaired) electrons. The number of methoxy groups -OCH3 is 1. The fourth-order valence-electron chi connectivity index (χ4n) is 4.69. The Morgan fingerprint density at radius 3 is 2.37 bits per heavy atom. The van der Waals surface area contributed by atoms with Crippen LogP contribution in [0.1, 0.15) is 30.5 Å². The number of hydrogen-bond acceptors (Lipinski definition) is 8. The van der Waals surface area contributed by atoms with Gasteiger partial charge in [0, 0.05) is 40.8 Å². The Bertz CT molecular complexity index is 1680. The van der Waals surface area contributed by atoms with Crippen molar-refractivity contribution in [3.8, 4) is 34.3 Å². The van der Waals surface area contributed by atoms with Gasteiger partial charge in [0.2, 0.25) is 5.88 Å². The number of aromatic nitrogens is 2. The topological polar surface area (TPSA) is 113 Å². The zero-order valence-electron chi connectivity index (χ0n) is 25.7. The summed E-state index contributed by atoms with van der Waals surface area (Å²) in [7, 11) is 1.61. The lowest BCUT2D eigenvalue weighted by molar-refractivity contribution is -0.160. The minimum atomic E-state index is -4.71. The van der Waals surface area contributed by atoms with Crippen molar-refractivity contribution in [2.45, 2.75) is 39.2 Å². The van der Waals surface area contributed by atoms with Gasteiger partial charge in [0.15, 0.2) is 17.2 Å². The second-order valence-corrected chi connectivity index (χ2v) is 10.8. The Morgan fingerprint density at radius 1 is 1.00 bits per heavy atom. The Labute approximate surface area is 263 Å². The van der Waals surface area contributed by atoms with Gasteiger partial charge in [-0.25, -0.2) is 14.8 Å². The SMILES string of the molecule is CCOc1c(NC(=O)Nc2ccc(OC3(C)COC3)c(C(F)(F)F)c2)ncc(-c2ccc(OCc3ccc(OC)cc3)nc2)c1C. The van der Waals surface area contributed by atoms with E-state index in [1.165, 1.54) is 12.1 Å². The molecule has 1 aliphatic heterocycles. The van der Waals surface area contributed by atoms with Crippen LogP contribution in [0.15, 0.2) is 67.0 Å². The maximum atomic E-state index is 13.8. The summed E-state index contributed by atoms with van der Waals surface area (Å²) >= 11 is 0. The van der Waals surface area contributed by atoms with Crippen LogP contribution in [0.25, 0.3) is 11.1 Å². The first-order valence-electron chi connectivity index (χ1n) is 14.4. The molecule has 1 saturated heterocycles. The van der Waals surface area contributed by atoms with Crippen molar-refractivity contribution < 1.29 is 41.7 Å². The predicted octanol–water partition coefficient (Wildman–Crippen LogP) is 7.27. The highest BCUT2D eigenvalue weighted by Gasteiger charge is 2.40. The summed E-state index contributed by atoms with van der Waals surface area (Å²) in [6.45, 7) is 6.23. The molecule has 3 heterocycles. The number of pyridine rings is 2. The second kappa shape index (κ2) is 13.5. The van der Waals surface area contributed by atoms with Crippen LogP contribution in [0, 0.1) is 6.92 Å². The molecule has 0 atom stereocenters. The highest BCUT2D eigenvalue weighted by atomic mass is 19.4. The molecule has 0 bridgehead atoms. The Hall–Kier alpha value is -5.04. The number of nitrogens with one attached hydrogen (secondary N) is 2. The maximum Gasteiger partial charge on any atom is 0.420 e. The van der Waals surface area contributed by atoms with Crippen LogP contribution in [0.3, 0.4) is 0 Å². The number of alkyl halides is 3. The van der Waals surface area contributed by atoms with Gasteiger partial charge in [-0.3, -0.25) is 5.32 Å². The standard InChI is InChI=1S/C33H33F3N4O6/c1-5-44-29-20(2)25(22-8-13-28(37-15-22)45-17-21-6-10-24(42-4)11-7-21)16-38-30(29)40-31(41)39-23-9-12-27(26(14-23)33(34,35)36)46-32(3)18-43-19-32/h6-16H,5,17-19H2,1-4H3,(H2,38,39,40,41). The summed E-state index contributed by atoms with van der Waals surface area (Å²) in [5, 5.41) is 5.02. The van der Waals surface area contributed by atoms with Crippen LogP contribution in [0.4, 0.5) is 29.5 Å². The monoisotopic (exact) mass is 638 g/mol. The fourth-order valence-corrected chi connectivity index (χ4v) is 4.69. The molecule has 2 aromatic heterocycles. The number of nitrogens with zero attached hydrogens (tertiary/aromatic N) is 2. The largest absolute Gasteiger partial charge is 0.497 e. The lowest BCUT2D eigenvalue weighted by Gasteiger charge is -2.38. The van der Waals surface area contributed by atoms with Gasteiger partial charge in [-0.15, -0.1) is 0 Å². The van der Waals surface area contributed by atoms with Crippen molar-refractivity contribution in [2.75, 3.05) is 37.6 Å². The Morgan fingerprint density at radius 2 is 1.76 bits per heavy atom. The molecular formula is C33H33F3N4O6. The average Bonchev–Trinajstić information content (AvgIpc) is 3.02. The molecule has 1 fully saturated rings. The van der Waals surface area contributed by atoms with Crippen molar-refractivity contribution in [3.63, 3.8) is 0 Å². The number of halogens is 3. The van der Waals surface area contributed by atoms with E-state index in [1.54, 1.807) is 46.3 Å². The van der Waals surface area contributed by atoms with E-state index < -0.39 is 23.4 Å². The van der Waals surface area contributed by atoms with E-state index in [0.717, 1.165) is 22.9 Å². The fraction of sp³-hybridized carbons (Fsp3) is 0.303. The first-order valence-corrected chi connectivity index (χ1v) is 14.4. The van der Waals surface area contributed by atoms with Gasteiger partial charge >= 0.3 is 12.2 Å². The highest BCUT2D eigenvalue weighted by Crippen LogP contribution is 2.40. The molecule has 10 nitrogen and oxygen atoms in total. The minimum Gasteiger partial charge on any atom is -0.497 e. The number of urea groups is 1. The number of carbonyl (C=O) groups excluding carboxylic acids is 1. The summed E-state index contributed by atoms with van der Waals surface area (Å²) in [4.78, 5) is 21.7. The van der Waals surface area contributed by atoms with Crippen LogP contribution in [-0.2, 0) is 17.5 Å². The summed E-state index contributed by atoms with van der Waals surface area (Å²) in [5.74, 6) is 1.26. The van der Waals surface area contributed by atoms with Gasteiger partial charge in [0.25, 0.3) is 0 Å². The third kappa shape index (κ3) is 7.60. The van der Waals surface area contributed by atoms with Gasteiger partial charge in [-0.1, -0.05) is 12.1 Å². The molecule has 0 spiro atoms. The van der Waals surface area contributed by atoms with Gasteiger partial charge < -0.3 is 29.0 Å². The predicted molar refractivity (Wildman–Crippen MR) is 165 cm³/mol. The van der Waals surface area contributed by atoms with Crippen LogP contribution in [0.5, 0.6) is 23.1 Å². The maximum absolute atomic E-state index is 13.8. The molecule has 0 saturated carbocycles. The summed E-state index contributed by atoms with van der Waals surface area (Å²) < 4.78 is 69.0. The minimum absolute atomic E-state index is 0.0844. The lowest BCUT2D eigenvalue weighted by atomic mass is 10.0. The van der Waals surface area contributed by atoms with E-state index in [0.29, 0.717) is 29.4 Å². The molecule has 46 heavy (non-hydrogen) atoms. The van der Waals surface area contributed by atoms with Crippen molar-refractivity contribution >= 4 is 17.5 Å². The average molecular weight is 639 g/mol. The van der Waals surface area contributed by atoms with Gasteiger partial charge in [-0.2, -0.15) is 13.2 Å². The quantitative estimate of drug-likeness (QED) is 0.176. The van der Waals surface area contributed by atoms with Crippen LogP contribution in [0.2, 0.25) is 0 Å². The third-order valence-corrected chi connectivity index (χ3v) is 7.11. The number of ether oxygens (including phenoxy) is 5. The van der Waals surface area contributed by atoms with Gasteiger partial charge in [0.1, 0.15) is 18.1 Å². The molecule has 242 valence electrons. The summed E-state index contributed by atoms with van der Waals surface area (Å²) in [5.41, 5.74) is 1.14. The molecule has 13 heteroatoms. The zero-order valence-corrected chi connectivity index (χ0v) is 25.7. The highest BCUT2D eigenvalue weighted by molar-refractivity contribution is 6.00. The zero-order chi connectivity index (χ0) is 32.9. The molecule has 1 aliphatic rings. The number of benzene rings is 2. The van der Waals surface area contributed by atoms with Crippen molar-refractivity contribution in [1.29, 1.82) is 0 Å². The lowest BCUT2D eigenvalue weighted by Crippen LogP contribution is -2.51. The van der Waals surface area contributed by atoms with E-state index >= 15 is 0 Å². The summed E-state index contributed by atoms with van der Waals surface area (Å²) in [6, 6.07) is 13.6. The van der Waals surface area contributed by atoms with Gasteiger partial charge in [0.05, 0.1) is 32.5 Å². The van der Waals surface area contributed by atoms with E-state index in [1.807, 2.05) is 30.3 Å². The number of amides is 2. The first-order chi connectivity index (χ1) is 22.0. The third-order valence-electron chi connectivity index (χ3n) is 7.11. The molecule has 2 aromatic carbocycles. The molecule has 5 rings (SSSR count). The van der Waals surface area contributed by atoms with Crippen LogP contribution < -0.4 is 29.6 Å². The van der Waals surface area contributed by atoms with E-state index in [2.05, 4.69) is 20.6 Å². The summed E-state index contributed by atoms with van der Waals surface area (Å²) in [6.07, 6.45) is -1.51. The van der Waals surface area contributed by atoms with Crippen molar-refractivity contribution in [2.24, 2.45) is 0 Å². The van der Waals surface area contributed by atoms with Gasteiger partial charge in [-0.05, 0) is 62.7 Å². The number of carbonyl (C=O) groups is 1. The molecule has 2 amide bonds. The van der Waals surface area contributed by atoms with E-state index in [-0.39, 0.29) is 37.1 Å². The number of anilines is 2.